The predicted molar refractivity (Wildman–Crippen MR) is 110 cm³/mol. The fourth-order valence-electron chi connectivity index (χ4n) is 3.11. The predicted octanol–water partition coefficient (Wildman–Crippen LogP) is 3.66. The second-order valence-electron chi connectivity index (χ2n) is 5.94. The fraction of sp³-hybridized carbons (Fsp3) is 0.158. The van der Waals surface area contributed by atoms with Crippen molar-refractivity contribution < 1.29 is 9.47 Å². The van der Waals surface area contributed by atoms with E-state index in [0.29, 0.717) is 30.0 Å². The van der Waals surface area contributed by atoms with Crippen molar-refractivity contribution in [2.75, 3.05) is 19.0 Å². The monoisotopic (exact) mass is 427 g/mol. The van der Waals surface area contributed by atoms with Crippen molar-refractivity contribution in [1.29, 1.82) is 0 Å². The third kappa shape index (κ3) is 3.02. The van der Waals surface area contributed by atoms with Gasteiger partial charge in [-0.05, 0) is 40.2 Å². The quantitative estimate of drug-likeness (QED) is 0.606. The average molecular weight is 428 g/mol. The first-order valence-corrected chi connectivity index (χ1v) is 9.10. The number of aromatic nitrogens is 2. The van der Waals surface area contributed by atoms with Gasteiger partial charge in [0.1, 0.15) is 6.61 Å². The summed E-state index contributed by atoms with van der Waals surface area (Å²) in [5.74, 6) is 2.17. The lowest BCUT2D eigenvalue weighted by atomic mass is 10.1. The van der Waals surface area contributed by atoms with Crippen molar-refractivity contribution in [3.63, 3.8) is 0 Å². The Morgan fingerprint density at radius 3 is 2.96 bits per heavy atom. The molecular formula is C19H18BrN5O2. The summed E-state index contributed by atoms with van der Waals surface area (Å²) in [5, 5.41) is 3.03. The third-order valence-corrected chi connectivity index (χ3v) is 4.83. The number of guanidine groups is 1. The highest BCUT2D eigenvalue weighted by molar-refractivity contribution is 9.10. The second kappa shape index (κ2) is 6.96. The van der Waals surface area contributed by atoms with Crippen LogP contribution in [0.2, 0.25) is 0 Å². The molecule has 3 aromatic rings. The van der Waals surface area contributed by atoms with Crippen LogP contribution in [0.3, 0.4) is 0 Å². The molecule has 0 spiro atoms. The highest BCUT2D eigenvalue weighted by Crippen LogP contribution is 2.41. The molecule has 0 bridgehead atoms. The minimum atomic E-state index is -0.382. The normalized spacial score (nSPS) is 15.6. The Kier molecular flexibility index (Phi) is 4.49. The van der Waals surface area contributed by atoms with Crippen LogP contribution in [-0.2, 0) is 0 Å². The first-order chi connectivity index (χ1) is 13.1. The van der Waals surface area contributed by atoms with Crippen molar-refractivity contribution in [2.24, 2.45) is 10.7 Å². The first-order valence-electron chi connectivity index (χ1n) is 8.30. The van der Waals surface area contributed by atoms with E-state index in [4.69, 9.17) is 15.2 Å². The van der Waals surface area contributed by atoms with Crippen LogP contribution in [0.5, 0.6) is 11.5 Å². The number of fused-ring (bicyclic) bond motifs is 3. The van der Waals surface area contributed by atoms with E-state index in [1.54, 1.807) is 13.2 Å². The molecule has 0 fully saturated rings. The number of rotatable bonds is 5. The third-order valence-electron chi connectivity index (χ3n) is 4.24. The fourth-order valence-corrected chi connectivity index (χ4v) is 3.69. The summed E-state index contributed by atoms with van der Waals surface area (Å²) in [6.07, 6.45) is 1.30. The van der Waals surface area contributed by atoms with Crippen LogP contribution in [0.4, 0.5) is 5.95 Å². The van der Waals surface area contributed by atoms with Gasteiger partial charge in [-0.25, -0.2) is 9.98 Å². The summed E-state index contributed by atoms with van der Waals surface area (Å²) in [5.41, 5.74) is 8.73. The van der Waals surface area contributed by atoms with Crippen LogP contribution in [-0.4, -0.2) is 29.2 Å². The number of nitrogens with two attached hydrogens (primary N) is 1. The van der Waals surface area contributed by atoms with E-state index in [2.05, 4.69) is 37.8 Å². The molecule has 0 saturated carbocycles. The summed E-state index contributed by atoms with van der Waals surface area (Å²) < 4.78 is 14.0. The Labute approximate surface area is 164 Å². The maximum absolute atomic E-state index is 6.01. The van der Waals surface area contributed by atoms with Gasteiger partial charge in [-0.15, -0.1) is 0 Å². The van der Waals surface area contributed by atoms with Crippen LogP contribution in [0, 0.1) is 0 Å². The number of para-hydroxylation sites is 2. The highest BCUT2D eigenvalue weighted by Gasteiger charge is 2.26. The standard InChI is InChI=1S/C19H18BrN5O2/c1-3-8-27-16-12(20)9-11(10-15(16)26-2)17-23-18(21)24-19-22-13-6-4-5-7-14(13)25(17)19/h3-7,9-10,17H,1,8H2,2H3,(H3,21,22,23,24). The van der Waals surface area contributed by atoms with E-state index in [0.717, 1.165) is 21.1 Å². The summed E-state index contributed by atoms with van der Waals surface area (Å²) in [4.78, 5) is 9.21. The summed E-state index contributed by atoms with van der Waals surface area (Å²) >= 11 is 3.57. The molecule has 1 atom stereocenters. The number of nitrogens with one attached hydrogen (secondary N) is 1. The number of benzene rings is 2. The van der Waals surface area contributed by atoms with Gasteiger partial charge in [0.25, 0.3) is 0 Å². The van der Waals surface area contributed by atoms with Gasteiger partial charge in [0.2, 0.25) is 5.95 Å². The van der Waals surface area contributed by atoms with Gasteiger partial charge >= 0.3 is 0 Å². The number of aliphatic imine (C=N–C) groups is 1. The lowest BCUT2D eigenvalue weighted by Crippen LogP contribution is -2.31. The molecule has 7 nitrogen and oxygen atoms in total. The first kappa shape index (κ1) is 17.4. The van der Waals surface area contributed by atoms with Crippen molar-refractivity contribution in [1.82, 2.24) is 9.55 Å². The highest BCUT2D eigenvalue weighted by atomic mass is 79.9. The van der Waals surface area contributed by atoms with Crippen molar-refractivity contribution in [3.05, 3.63) is 59.1 Å². The number of halogens is 1. The molecule has 4 rings (SSSR count). The number of anilines is 1. The van der Waals surface area contributed by atoms with Crippen molar-refractivity contribution in [3.8, 4) is 11.5 Å². The molecule has 8 heteroatoms. The van der Waals surface area contributed by atoms with Crippen LogP contribution >= 0.6 is 15.9 Å². The van der Waals surface area contributed by atoms with Gasteiger partial charge in [-0.2, -0.15) is 0 Å². The molecule has 0 radical (unpaired) electrons. The number of imidazole rings is 1. The molecule has 0 aliphatic carbocycles. The molecule has 27 heavy (non-hydrogen) atoms. The van der Waals surface area contributed by atoms with Gasteiger partial charge in [0, 0.05) is 5.56 Å². The van der Waals surface area contributed by atoms with E-state index in [-0.39, 0.29) is 6.17 Å². The Morgan fingerprint density at radius 1 is 1.37 bits per heavy atom. The van der Waals surface area contributed by atoms with Crippen molar-refractivity contribution >= 4 is 38.9 Å². The maximum Gasteiger partial charge on any atom is 0.212 e. The summed E-state index contributed by atoms with van der Waals surface area (Å²) in [7, 11) is 1.60. The Morgan fingerprint density at radius 2 is 2.19 bits per heavy atom. The topological polar surface area (TPSA) is 86.7 Å². The van der Waals surface area contributed by atoms with Crippen LogP contribution in [0.25, 0.3) is 11.0 Å². The van der Waals surface area contributed by atoms with E-state index < -0.39 is 0 Å². The molecule has 1 aliphatic heterocycles. The molecule has 0 amide bonds. The van der Waals surface area contributed by atoms with Crippen LogP contribution in [0.15, 0.2) is 58.5 Å². The number of nitrogens with zero attached hydrogens (tertiary/aromatic N) is 3. The lowest BCUT2D eigenvalue weighted by molar-refractivity contribution is 0.324. The SMILES string of the molecule is C=CCOc1c(Br)cc(C2N=C(N)Nc3nc4ccccc4n32)cc1OC. The van der Waals surface area contributed by atoms with Gasteiger partial charge in [-0.3, -0.25) is 9.88 Å². The smallest absolute Gasteiger partial charge is 0.212 e. The van der Waals surface area contributed by atoms with E-state index in [9.17, 15) is 0 Å². The molecule has 2 heterocycles. The summed E-state index contributed by atoms with van der Waals surface area (Å²) in [6, 6.07) is 11.7. The molecule has 2 aromatic carbocycles. The Hall–Kier alpha value is -3.00. The van der Waals surface area contributed by atoms with Gasteiger partial charge < -0.3 is 15.2 Å². The summed E-state index contributed by atoms with van der Waals surface area (Å²) in [6.45, 7) is 4.06. The van der Waals surface area contributed by atoms with Crippen LogP contribution < -0.4 is 20.5 Å². The zero-order valence-electron chi connectivity index (χ0n) is 14.6. The van der Waals surface area contributed by atoms with Gasteiger partial charge in [0.15, 0.2) is 23.6 Å². The molecule has 138 valence electrons. The zero-order valence-corrected chi connectivity index (χ0v) is 16.2. The number of hydrogen-bond donors (Lipinski definition) is 2. The van der Waals surface area contributed by atoms with Gasteiger partial charge in [-0.1, -0.05) is 24.8 Å². The molecule has 1 unspecified atom stereocenters. The van der Waals surface area contributed by atoms with E-state index >= 15 is 0 Å². The average Bonchev–Trinajstić information content (AvgIpc) is 3.03. The molecular weight excluding hydrogens is 410 g/mol. The number of ether oxygens (including phenoxy) is 2. The largest absolute Gasteiger partial charge is 0.493 e. The van der Waals surface area contributed by atoms with Crippen LogP contribution in [0.1, 0.15) is 11.7 Å². The van der Waals surface area contributed by atoms with E-state index in [1.807, 2.05) is 41.0 Å². The minimum Gasteiger partial charge on any atom is -0.493 e. The number of hydrogen-bond acceptors (Lipinski definition) is 6. The Balaban J connectivity index is 1.87. The second-order valence-corrected chi connectivity index (χ2v) is 6.80. The molecule has 1 aromatic heterocycles. The molecule has 1 aliphatic rings. The molecule has 0 saturated heterocycles. The number of methoxy groups -OCH3 is 1. The maximum atomic E-state index is 6.01. The Bertz CT molecular complexity index is 1060. The van der Waals surface area contributed by atoms with Crippen molar-refractivity contribution in [2.45, 2.75) is 6.17 Å². The van der Waals surface area contributed by atoms with Gasteiger partial charge in [0.05, 0.1) is 22.6 Å². The lowest BCUT2D eigenvalue weighted by Gasteiger charge is -2.25. The van der Waals surface area contributed by atoms with E-state index in [1.165, 1.54) is 0 Å². The molecule has 3 N–H and O–H groups in total. The minimum absolute atomic E-state index is 0.310. The zero-order chi connectivity index (χ0) is 19.0.